The second-order valence-corrected chi connectivity index (χ2v) is 20.0. The molecule has 50 heavy (non-hydrogen) atoms. The van der Waals surface area contributed by atoms with E-state index in [4.69, 9.17) is 44.1 Å². The van der Waals surface area contributed by atoms with Gasteiger partial charge in [0.25, 0.3) is 0 Å². The molecule has 6 aliphatic rings. The Hall–Kier alpha value is -2.48. The number of ether oxygens (including phenoxy) is 3. The summed E-state index contributed by atoms with van der Waals surface area (Å²) < 4.78 is 77.6. The maximum Gasteiger partial charge on any atom is 0.328 e. The zero-order valence-electron chi connectivity index (χ0n) is 26.6. The molecule has 4 aromatic rings. The Balaban J connectivity index is 1.16. The first-order valence-electron chi connectivity index (χ1n) is 16.0. The number of allylic oxidation sites excluding steroid dienone is 1. The second kappa shape index (κ2) is 12.3. The van der Waals surface area contributed by atoms with Crippen molar-refractivity contribution in [2.24, 2.45) is 0 Å². The number of thiol groups is 1. The van der Waals surface area contributed by atoms with Crippen LogP contribution >= 0.6 is 25.5 Å². The van der Waals surface area contributed by atoms with Crippen molar-refractivity contribution in [2.75, 3.05) is 31.7 Å². The lowest BCUT2D eigenvalue weighted by Gasteiger charge is -2.37. The Bertz CT molecular complexity index is 2110. The van der Waals surface area contributed by atoms with Gasteiger partial charge in [-0.3, -0.25) is 18.2 Å². The lowest BCUT2D eigenvalue weighted by Crippen LogP contribution is -2.50. The summed E-state index contributed by atoms with van der Waals surface area (Å²) in [5.74, 6) is 0.456. The summed E-state index contributed by atoms with van der Waals surface area (Å²) >= 11 is 10.4. The van der Waals surface area contributed by atoms with Gasteiger partial charge in [0.15, 0.2) is 41.3 Å². The van der Waals surface area contributed by atoms with E-state index in [2.05, 4.69) is 47.5 Å². The van der Waals surface area contributed by atoms with Crippen molar-refractivity contribution >= 4 is 65.5 Å². The van der Waals surface area contributed by atoms with Gasteiger partial charge in [0, 0.05) is 13.2 Å². The van der Waals surface area contributed by atoms with Crippen LogP contribution in [0.5, 0.6) is 0 Å². The van der Waals surface area contributed by atoms with Gasteiger partial charge < -0.3 is 33.1 Å². The quantitative estimate of drug-likeness (QED) is 0.150. The fourth-order valence-corrected chi connectivity index (χ4v) is 10.3. The third-order valence-electron chi connectivity index (χ3n) is 9.65. The highest BCUT2D eigenvalue weighted by Gasteiger charge is 2.68. The third-order valence-corrected chi connectivity index (χ3v) is 13.0. The van der Waals surface area contributed by atoms with Gasteiger partial charge in [0.05, 0.1) is 37.7 Å². The van der Waals surface area contributed by atoms with Crippen molar-refractivity contribution in [3.8, 4) is 0 Å². The van der Waals surface area contributed by atoms with Crippen molar-refractivity contribution in [1.82, 2.24) is 39.0 Å². The summed E-state index contributed by atoms with van der Waals surface area (Å²) in [5.41, 5.74) is -2.10. The molecule has 10 heterocycles. The largest absolute Gasteiger partial charge is 0.365 e. The van der Waals surface area contributed by atoms with Gasteiger partial charge in [-0.05, 0) is 31.6 Å². The topological polar surface area (TPSA) is 181 Å². The molecule has 15 bridgehead atoms. The standard InChI is InChI=1S/C28H32FN9O8P2S2/c1-14-28-9-41-47(2,39)45-20-16-8-40-48(49,50)46-22(28)21(42-14)27(44-28)38-12-35-18-15(31-10-33-24(18)38)6-4-3-5-7-30-23-19-25(34-11-32-23)37(13-36-19)26(43-16)17(20)29/h3,5,10-14,16-17,20-22,26-27H,4,6-9H2,1-2H3,(H,49,50)(H,30,32,34)/b5-3+/t14-,16+,17+,20+,21+,22-,26+,27+,28-,47?/m0/s1. The molecule has 2 unspecified atom stereocenters. The molecule has 22 heteroatoms. The number of aromatic nitrogens is 8. The summed E-state index contributed by atoms with van der Waals surface area (Å²) in [6.07, 6.45) is 2.53. The number of alkyl halides is 1. The lowest BCUT2D eigenvalue weighted by atomic mass is 9.94. The highest BCUT2D eigenvalue weighted by molar-refractivity contribution is 8.60. The van der Waals surface area contributed by atoms with Gasteiger partial charge in [-0.2, -0.15) is 0 Å². The van der Waals surface area contributed by atoms with E-state index in [1.807, 2.05) is 12.2 Å². The van der Waals surface area contributed by atoms with Gasteiger partial charge in [-0.25, -0.2) is 34.3 Å². The first-order chi connectivity index (χ1) is 24.0. The summed E-state index contributed by atoms with van der Waals surface area (Å²) in [7, 11) is -4.00. The fraction of sp³-hybridized carbons (Fsp3) is 0.571. The summed E-state index contributed by atoms with van der Waals surface area (Å²) in [5, 5.41) is 3.24. The molecule has 6 aliphatic heterocycles. The van der Waals surface area contributed by atoms with Gasteiger partial charge in [0.1, 0.15) is 48.2 Å². The van der Waals surface area contributed by atoms with Crippen LogP contribution in [0, 0.1) is 0 Å². The number of hydrogen-bond acceptors (Lipinski definition) is 16. The minimum absolute atomic E-state index is 0.292. The Morgan fingerprint density at radius 1 is 0.980 bits per heavy atom. The first-order valence-corrected chi connectivity index (χ1v) is 21.7. The molecule has 0 saturated carbocycles. The third kappa shape index (κ3) is 5.46. The van der Waals surface area contributed by atoms with E-state index in [0.29, 0.717) is 47.5 Å². The molecular weight excluding hydrogens is 735 g/mol. The van der Waals surface area contributed by atoms with E-state index in [0.717, 1.165) is 5.69 Å². The Morgan fingerprint density at radius 3 is 2.58 bits per heavy atom. The first kappa shape index (κ1) is 33.4. The number of halogens is 1. The van der Waals surface area contributed by atoms with Crippen molar-refractivity contribution in [3.05, 3.63) is 43.2 Å². The number of imidazole rings is 2. The zero-order chi connectivity index (χ0) is 34.4. The normalized spacial score (nSPS) is 41.0. The predicted octanol–water partition coefficient (Wildman–Crippen LogP) is 3.67. The van der Waals surface area contributed by atoms with Gasteiger partial charge in [-0.1, -0.05) is 24.4 Å². The van der Waals surface area contributed by atoms with Gasteiger partial charge in [-0.15, -0.1) is 0 Å². The number of anilines is 1. The van der Waals surface area contributed by atoms with E-state index in [1.54, 1.807) is 17.8 Å². The number of fused-ring (bicyclic) bond motifs is 10. The summed E-state index contributed by atoms with van der Waals surface area (Å²) in [6.45, 7) is 2.91. The van der Waals surface area contributed by atoms with Crippen LogP contribution in [0.15, 0.2) is 37.5 Å². The van der Waals surface area contributed by atoms with E-state index >= 15 is 4.39 Å². The van der Waals surface area contributed by atoms with Crippen molar-refractivity contribution in [1.29, 1.82) is 0 Å². The van der Waals surface area contributed by atoms with E-state index in [1.165, 1.54) is 30.2 Å². The van der Waals surface area contributed by atoms with Crippen LogP contribution in [0.4, 0.5) is 10.2 Å². The highest BCUT2D eigenvalue weighted by atomic mass is 32.9. The van der Waals surface area contributed by atoms with E-state index in [-0.39, 0.29) is 13.2 Å². The summed E-state index contributed by atoms with van der Waals surface area (Å²) in [4.78, 5) is 26.8. The average molecular weight is 768 g/mol. The molecule has 0 aromatic carbocycles. The molecule has 4 fully saturated rings. The smallest absolute Gasteiger partial charge is 0.328 e. The van der Waals surface area contributed by atoms with Crippen molar-refractivity contribution in [3.63, 3.8) is 0 Å². The van der Waals surface area contributed by atoms with Crippen molar-refractivity contribution < 1.29 is 41.3 Å². The minimum atomic E-state index is -4.00. The van der Waals surface area contributed by atoms with Gasteiger partial charge >= 0.3 is 7.60 Å². The highest BCUT2D eigenvalue weighted by Crippen LogP contribution is 2.63. The molecule has 1 N–H and O–H groups in total. The number of nitrogens with one attached hydrogen (secondary N) is 1. The monoisotopic (exact) mass is 767 g/mol. The molecule has 10 rings (SSSR count). The number of rotatable bonds is 0. The molecule has 17 nitrogen and oxygen atoms in total. The number of aryl methyl sites for hydroxylation is 1. The van der Waals surface area contributed by atoms with E-state index < -0.39 is 68.0 Å². The molecule has 0 amide bonds. The van der Waals surface area contributed by atoms with Crippen LogP contribution in [0.3, 0.4) is 0 Å². The molecule has 4 saturated heterocycles. The zero-order valence-corrected chi connectivity index (χ0v) is 30.1. The Labute approximate surface area is 294 Å². The van der Waals surface area contributed by atoms with Crippen LogP contribution in [0.1, 0.15) is 31.5 Å². The van der Waals surface area contributed by atoms with Crippen LogP contribution in [-0.4, -0.2) is 108 Å². The molecule has 0 aliphatic carbocycles. The molecule has 0 radical (unpaired) electrons. The maximum atomic E-state index is 16.5. The summed E-state index contributed by atoms with van der Waals surface area (Å²) in [6, 6.07) is 0. The Kier molecular flexibility index (Phi) is 8.21. The number of hydrogen-bond donors (Lipinski definition) is 2. The Morgan fingerprint density at radius 2 is 1.74 bits per heavy atom. The molecule has 266 valence electrons. The fourth-order valence-electron chi connectivity index (χ4n) is 7.20. The molecular formula is C28H32FN9O8P2S2. The molecule has 11 atom stereocenters. The average Bonchev–Trinajstić information content (AvgIpc) is 3.88. The minimum Gasteiger partial charge on any atom is -0.365 e. The van der Waals surface area contributed by atoms with Gasteiger partial charge in [0.2, 0.25) is 5.69 Å². The van der Waals surface area contributed by atoms with Crippen LogP contribution in [0.2, 0.25) is 0 Å². The maximum absolute atomic E-state index is 16.5. The van der Waals surface area contributed by atoms with Crippen LogP contribution < -0.4 is 5.32 Å². The van der Waals surface area contributed by atoms with Crippen LogP contribution in [-0.2, 0) is 55.1 Å². The van der Waals surface area contributed by atoms with E-state index in [9.17, 15) is 4.57 Å². The van der Waals surface area contributed by atoms with Crippen LogP contribution in [0.25, 0.3) is 22.3 Å². The second-order valence-electron chi connectivity index (χ2n) is 12.7. The number of nitrogens with zero attached hydrogens (tertiary/aromatic N) is 8. The SMILES string of the molecule is C[C@@H]1O[C@H]2[C@H]3O[C@@]14COP(C)(=O)O[C@H]1[C@@H](F)[C@@H](O[C@@H]1COP(=S)(S)O[C@@H]24)n1cnc2c(ncnc21)NC/C=C/CCc1ncnc2c1ncn23. The predicted molar refractivity (Wildman–Crippen MR) is 181 cm³/mol. The molecule has 4 aromatic heterocycles. The lowest BCUT2D eigenvalue weighted by molar-refractivity contribution is -0.214. The van der Waals surface area contributed by atoms with Crippen molar-refractivity contribution in [2.45, 2.75) is 74.5 Å². The molecule has 1 spiro atoms.